The predicted octanol–water partition coefficient (Wildman–Crippen LogP) is 4.79. The summed E-state index contributed by atoms with van der Waals surface area (Å²) in [6.07, 6.45) is 7.25. The lowest BCUT2D eigenvalue weighted by Crippen LogP contribution is -2.50. The monoisotopic (exact) mass is 490 g/mol. The van der Waals surface area contributed by atoms with Gasteiger partial charge in [-0.2, -0.15) is 4.98 Å². The predicted molar refractivity (Wildman–Crippen MR) is 130 cm³/mol. The van der Waals surface area contributed by atoms with Gasteiger partial charge in [-0.15, -0.1) is 0 Å². The number of anilines is 2. The first-order valence-corrected chi connectivity index (χ1v) is 12.6. The van der Waals surface area contributed by atoms with Gasteiger partial charge in [-0.3, -0.25) is 0 Å². The van der Waals surface area contributed by atoms with Crippen molar-refractivity contribution in [1.29, 1.82) is 0 Å². The van der Waals surface area contributed by atoms with Crippen molar-refractivity contribution in [3.63, 3.8) is 0 Å². The molecule has 3 aliphatic rings. The number of hydrogen-bond acceptors (Lipinski definition) is 7. The molecule has 1 unspecified atom stereocenters. The molecule has 34 heavy (non-hydrogen) atoms. The molecule has 3 aliphatic heterocycles. The molecule has 2 aromatic heterocycles. The highest BCUT2D eigenvalue weighted by atomic mass is 35.5. The average molecular weight is 491 g/mol. The summed E-state index contributed by atoms with van der Waals surface area (Å²) in [5.41, 5.74) is -0.670. The van der Waals surface area contributed by atoms with Crippen LogP contribution in [0.5, 0.6) is 0 Å². The third kappa shape index (κ3) is 4.23. The Balaban J connectivity index is 1.49. The van der Waals surface area contributed by atoms with Crippen molar-refractivity contribution >= 4 is 40.4 Å². The minimum atomic E-state index is -0.619. The van der Waals surface area contributed by atoms with Crippen LogP contribution >= 0.6 is 11.6 Å². The van der Waals surface area contributed by atoms with Gasteiger partial charge in [0, 0.05) is 38.9 Å². The van der Waals surface area contributed by atoms with Gasteiger partial charge in [0.05, 0.1) is 10.9 Å². The summed E-state index contributed by atoms with van der Waals surface area (Å²) < 4.78 is 20.7. The average Bonchev–Trinajstić information content (AvgIpc) is 3.42. The van der Waals surface area contributed by atoms with Crippen molar-refractivity contribution in [3.05, 3.63) is 17.2 Å². The maximum absolute atomic E-state index is 15.0. The van der Waals surface area contributed by atoms with Crippen LogP contribution in [0.3, 0.4) is 0 Å². The van der Waals surface area contributed by atoms with E-state index in [2.05, 4.69) is 19.8 Å². The van der Waals surface area contributed by atoms with Crippen LogP contribution in [-0.4, -0.2) is 69.8 Å². The molecular formula is C24H32ClFN6O2. The zero-order chi connectivity index (χ0) is 24.1. The van der Waals surface area contributed by atoms with Crippen LogP contribution in [0.15, 0.2) is 6.20 Å². The number of likely N-dealkylation sites (tertiary alicyclic amines) is 1. The third-order valence-electron chi connectivity index (χ3n) is 7.09. The van der Waals surface area contributed by atoms with Crippen molar-refractivity contribution in [3.8, 4) is 0 Å². The summed E-state index contributed by atoms with van der Waals surface area (Å²) in [5.74, 6) is 0.563. The Bertz CT molecular complexity index is 1100. The second-order valence-corrected chi connectivity index (χ2v) is 11.0. The SMILES string of the molecule is CC(C)(C)OC(=O)N1CCCC12CCN(c1nc(N3CCCCC3)c3cnc(Cl)c(F)c3n1)C2. The molecule has 3 saturated heterocycles. The maximum atomic E-state index is 15.0. The van der Waals surface area contributed by atoms with Crippen LogP contribution in [0.2, 0.25) is 5.15 Å². The Labute approximate surface area is 204 Å². The Morgan fingerprint density at radius 1 is 1.06 bits per heavy atom. The van der Waals surface area contributed by atoms with Gasteiger partial charge in [0.25, 0.3) is 0 Å². The molecule has 0 aliphatic carbocycles. The number of aromatic nitrogens is 3. The Hall–Kier alpha value is -2.42. The van der Waals surface area contributed by atoms with Gasteiger partial charge in [-0.25, -0.2) is 19.2 Å². The van der Waals surface area contributed by atoms with Crippen molar-refractivity contribution in [2.24, 2.45) is 0 Å². The lowest BCUT2D eigenvalue weighted by molar-refractivity contribution is 0.0111. The normalized spacial score (nSPS) is 23.4. The number of fused-ring (bicyclic) bond motifs is 1. The van der Waals surface area contributed by atoms with E-state index in [9.17, 15) is 4.79 Å². The summed E-state index contributed by atoms with van der Waals surface area (Å²) in [5, 5.41) is 0.393. The van der Waals surface area contributed by atoms with E-state index in [1.807, 2.05) is 25.7 Å². The Morgan fingerprint density at radius 2 is 1.82 bits per heavy atom. The Morgan fingerprint density at radius 3 is 2.56 bits per heavy atom. The van der Waals surface area contributed by atoms with Crippen LogP contribution in [-0.2, 0) is 4.74 Å². The molecule has 0 N–H and O–H groups in total. The molecule has 2 aromatic rings. The molecule has 5 heterocycles. The fourth-order valence-electron chi connectivity index (χ4n) is 5.49. The molecule has 0 saturated carbocycles. The standard InChI is InChI=1S/C24H32ClFN6O2/c1-23(2,3)34-22(33)32-12-7-8-24(32)9-13-31(15-24)21-28-18-16(14-27-19(25)17(18)26)20(29-21)30-10-5-4-6-11-30/h14H,4-13,15H2,1-3H3. The van der Waals surface area contributed by atoms with Crippen molar-refractivity contribution in [2.45, 2.75) is 70.4 Å². The molecule has 1 atom stereocenters. The zero-order valence-electron chi connectivity index (χ0n) is 20.1. The molecule has 8 nitrogen and oxygen atoms in total. The van der Waals surface area contributed by atoms with E-state index in [-0.39, 0.29) is 22.3 Å². The first kappa shape index (κ1) is 23.3. The second kappa shape index (κ2) is 8.66. The topological polar surface area (TPSA) is 74.7 Å². The maximum Gasteiger partial charge on any atom is 0.410 e. The van der Waals surface area contributed by atoms with Crippen molar-refractivity contribution in [2.75, 3.05) is 42.5 Å². The first-order valence-electron chi connectivity index (χ1n) is 12.2. The summed E-state index contributed by atoms with van der Waals surface area (Å²) in [4.78, 5) is 32.7. The van der Waals surface area contributed by atoms with E-state index in [0.717, 1.165) is 45.2 Å². The van der Waals surface area contributed by atoms with Gasteiger partial charge >= 0.3 is 6.09 Å². The molecule has 0 bridgehead atoms. The van der Waals surface area contributed by atoms with Gasteiger partial charge < -0.3 is 19.4 Å². The fraction of sp³-hybridized carbons (Fsp3) is 0.667. The second-order valence-electron chi connectivity index (χ2n) is 10.7. The van der Waals surface area contributed by atoms with Gasteiger partial charge in [0.1, 0.15) is 16.9 Å². The number of hydrogen-bond donors (Lipinski definition) is 0. The van der Waals surface area contributed by atoms with E-state index in [0.29, 0.717) is 36.8 Å². The van der Waals surface area contributed by atoms with Gasteiger partial charge in [-0.1, -0.05) is 11.6 Å². The molecule has 10 heteroatoms. The fourth-order valence-corrected chi connectivity index (χ4v) is 5.63. The number of pyridine rings is 1. The molecule has 1 amide bonds. The van der Waals surface area contributed by atoms with Crippen LogP contribution < -0.4 is 9.80 Å². The van der Waals surface area contributed by atoms with E-state index >= 15 is 4.39 Å². The lowest BCUT2D eigenvalue weighted by Gasteiger charge is -2.36. The number of nitrogens with zero attached hydrogens (tertiary/aromatic N) is 6. The number of ether oxygens (including phenoxy) is 1. The molecule has 0 aromatic carbocycles. The first-order chi connectivity index (χ1) is 16.2. The van der Waals surface area contributed by atoms with Crippen LogP contribution in [0.25, 0.3) is 10.9 Å². The van der Waals surface area contributed by atoms with Crippen molar-refractivity contribution in [1.82, 2.24) is 19.9 Å². The zero-order valence-corrected chi connectivity index (χ0v) is 20.9. The third-order valence-corrected chi connectivity index (χ3v) is 7.35. The number of amides is 1. The highest BCUT2D eigenvalue weighted by Gasteiger charge is 2.50. The summed E-state index contributed by atoms with van der Waals surface area (Å²) in [6.45, 7) is 9.34. The van der Waals surface area contributed by atoms with Gasteiger partial charge in [0.15, 0.2) is 11.0 Å². The van der Waals surface area contributed by atoms with Crippen LogP contribution in [0.4, 0.5) is 21.0 Å². The highest BCUT2D eigenvalue weighted by Crippen LogP contribution is 2.40. The van der Waals surface area contributed by atoms with E-state index in [4.69, 9.17) is 21.3 Å². The molecule has 1 spiro atoms. The summed E-state index contributed by atoms with van der Waals surface area (Å²) >= 11 is 6.01. The van der Waals surface area contributed by atoms with Gasteiger partial charge in [-0.05, 0) is 59.3 Å². The van der Waals surface area contributed by atoms with Crippen LogP contribution in [0, 0.1) is 5.82 Å². The van der Waals surface area contributed by atoms with E-state index < -0.39 is 11.4 Å². The highest BCUT2D eigenvalue weighted by molar-refractivity contribution is 6.30. The Kier molecular flexibility index (Phi) is 5.94. The van der Waals surface area contributed by atoms with E-state index in [1.54, 1.807) is 6.20 Å². The van der Waals surface area contributed by atoms with Crippen molar-refractivity contribution < 1.29 is 13.9 Å². The lowest BCUT2D eigenvalue weighted by atomic mass is 9.95. The molecule has 0 radical (unpaired) electrons. The number of carbonyl (C=O) groups excluding carboxylic acids is 1. The number of rotatable bonds is 2. The summed E-state index contributed by atoms with van der Waals surface area (Å²) in [7, 11) is 0. The number of carbonyl (C=O) groups is 1. The molecular weight excluding hydrogens is 459 g/mol. The largest absolute Gasteiger partial charge is 0.444 e. The number of piperidine rings is 1. The van der Waals surface area contributed by atoms with Crippen LogP contribution in [0.1, 0.15) is 59.3 Å². The molecule has 3 fully saturated rings. The smallest absolute Gasteiger partial charge is 0.410 e. The van der Waals surface area contributed by atoms with Gasteiger partial charge in [0.2, 0.25) is 5.95 Å². The minimum absolute atomic E-state index is 0.188. The minimum Gasteiger partial charge on any atom is -0.444 e. The quantitative estimate of drug-likeness (QED) is 0.560. The number of halogens is 2. The summed E-state index contributed by atoms with van der Waals surface area (Å²) in [6, 6.07) is 0. The molecule has 184 valence electrons. The van der Waals surface area contributed by atoms with E-state index in [1.165, 1.54) is 6.42 Å². The molecule has 5 rings (SSSR count).